The molecule has 20 heavy (non-hydrogen) atoms. The molecule has 3 rings (SSSR count). The molecule has 0 spiro atoms. The molecule has 0 radical (unpaired) electrons. The van der Waals surface area contributed by atoms with Crippen LogP contribution in [0.2, 0.25) is 0 Å². The first-order chi connectivity index (χ1) is 9.41. The molecule has 0 fully saturated rings. The second-order valence-corrected chi connectivity index (χ2v) is 4.46. The first-order valence-corrected chi connectivity index (χ1v) is 5.73. The van der Waals surface area contributed by atoms with Gasteiger partial charge in [0.05, 0.1) is 5.56 Å². The maximum atomic E-state index is 12.2. The van der Waals surface area contributed by atoms with Gasteiger partial charge < -0.3 is 25.2 Å². The lowest BCUT2D eigenvalue weighted by Gasteiger charge is -2.21. The van der Waals surface area contributed by atoms with E-state index in [1.165, 1.54) is 24.3 Å². The van der Waals surface area contributed by atoms with Crippen molar-refractivity contribution in [1.29, 1.82) is 0 Å². The molecule has 1 heterocycles. The number of Topliss-reactive ketones (excluding diaryl/α,β-unsaturated/α-hetero) is 1. The number of carbonyl (C=O) groups is 1. The molecule has 6 heteroatoms. The molecule has 2 aromatic rings. The fourth-order valence-electron chi connectivity index (χ4n) is 2.10. The third-order valence-electron chi connectivity index (χ3n) is 3.14. The van der Waals surface area contributed by atoms with Gasteiger partial charge in [-0.25, -0.2) is 0 Å². The molecule has 0 aromatic heterocycles. The van der Waals surface area contributed by atoms with Gasteiger partial charge in [-0.15, -0.1) is 0 Å². The van der Waals surface area contributed by atoms with Crippen LogP contribution in [0.1, 0.15) is 15.9 Å². The fraction of sp³-hybridized carbons (Fsp3) is 0.0714. The molecule has 6 nitrogen and oxygen atoms in total. The highest BCUT2D eigenvalue weighted by molar-refractivity contribution is 6.06. The Morgan fingerprint density at radius 3 is 2.40 bits per heavy atom. The van der Waals surface area contributed by atoms with E-state index in [1.807, 2.05) is 0 Å². The van der Waals surface area contributed by atoms with E-state index < -0.39 is 17.3 Å². The average molecular weight is 274 g/mol. The normalized spacial score (nSPS) is 20.6. The number of aromatic hydroxyl groups is 3. The number of ether oxygens (including phenoxy) is 1. The SMILES string of the molecule is O=C1c2ccc(O)cc2OC1(O)c1ccc(O)c(O)c1. The predicted octanol–water partition coefficient (Wildman–Crippen LogP) is 1.22. The van der Waals surface area contributed by atoms with Gasteiger partial charge in [-0.2, -0.15) is 0 Å². The summed E-state index contributed by atoms with van der Waals surface area (Å²) >= 11 is 0. The van der Waals surface area contributed by atoms with E-state index in [0.717, 1.165) is 12.1 Å². The zero-order valence-electron chi connectivity index (χ0n) is 10.1. The van der Waals surface area contributed by atoms with Crippen LogP contribution in [0.4, 0.5) is 0 Å². The van der Waals surface area contributed by atoms with Crippen molar-refractivity contribution in [3.05, 3.63) is 47.5 Å². The lowest BCUT2D eigenvalue weighted by molar-refractivity contribution is -0.0961. The first-order valence-electron chi connectivity index (χ1n) is 5.73. The molecule has 0 aliphatic carbocycles. The maximum Gasteiger partial charge on any atom is 0.300 e. The topological polar surface area (TPSA) is 107 Å². The molecule has 0 amide bonds. The second-order valence-electron chi connectivity index (χ2n) is 4.46. The summed E-state index contributed by atoms with van der Waals surface area (Å²) in [6, 6.07) is 7.30. The number of carbonyl (C=O) groups excluding carboxylic acids is 1. The van der Waals surface area contributed by atoms with Gasteiger partial charge >= 0.3 is 0 Å². The molecule has 0 bridgehead atoms. The number of benzene rings is 2. The quantitative estimate of drug-likeness (QED) is 0.582. The minimum atomic E-state index is -2.29. The lowest BCUT2D eigenvalue weighted by atomic mass is 9.98. The highest BCUT2D eigenvalue weighted by Crippen LogP contribution is 2.42. The van der Waals surface area contributed by atoms with Crippen LogP contribution in [-0.2, 0) is 5.79 Å². The van der Waals surface area contributed by atoms with E-state index in [0.29, 0.717) is 0 Å². The molecule has 1 atom stereocenters. The Labute approximate surface area is 113 Å². The monoisotopic (exact) mass is 274 g/mol. The zero-order valence-corrected chi connectivity index (χ0v) is 10.1. The number of phenols is 3. The van der Waals surface area contributed by atoms with Crippen molar-refractivity contribution < 1.29 is 30.0 Å². The molecular weight excluding hydrogens is 264 g/mol. The third-order valence-corrected chi connectivity index (χ3v) is 3.14. The van der Waals surface area contributed by atoms with Crippen molar-refractivity contribution in [2.75, 3.05) is 0 Å². The molecule has 102 valence electrons. The summed E-state index contributed by atoms with van der Waals surface area (Å²) in [4.78, 5) is 12.2. The van der Waals surface area contributed by atoms with E-state index >= 15 is 0 Å². The van der Waals surface area contributed by atoms with Crippen LogP contribution < -0.4 is 4.74 Å². The molecule has 1 aliphatic heterocycles. The summed E-state index contributed by atoms with van der Waals surface area (Å²) in [5.74, 6) is -3.91. The summed E-state index contributed by atoms with van der Waals surface area (Å²) in [7, 11) is 0. The Hall–Kier alpha value is -2.73. The number of hydrogen-bond donors (Lipinski definition) is 4. The van der Waals surface area contributed by atoms with Gasteiger partial charge in [-0.3, -0.25) is 4.79 Å². The van der Waals surface area contributed by atoms with Crippen LogP contribution >= 0.6 is 0 Å². The molecule has 4 N–H and O–H groups in total. The van der Waals surface area contributed by atoms with E-state index in [1.54, 1.807) is 0 Å². The van der Waals surface area contributed by atoms with Crippen molar-refractivity contribution in [3.8, 4) is 23.0 Å². The Kier molecular flexibility index (Phi) is 2.39. The molecular formula is C14H10O6. The molecule has 1 aliphatic rings. The van der Waals surface area contributed by atoms with Crippen molar-refractivity contribution in [2.24, 2.45) is 0 Å². The van der Waals surface area contributed by atoms with Crippen molar-refractivity contribution >= 4 is 5.78 Å². The van der Waals surface area contributed by atoms with Gasteiger partial charge in [0.1, 0.15) is 11.5 Å². The minimum absolute atomic E-state index is 0.0199. The van der Waals surface area contributed by atoms with Crippen molar-refractivity contribution in [3.63, 3.8) is 0 Å². The first kappa shape index (κ1) is 12.3. The lowest BCUT2D eigenvalue weighted by Crippen LogP contribution is -2.36. The summed E-state index contributed by atoms with van der Waals surface area (Å²) < 4.78 is 5.22. The Bertz CT molecular complexity index is 724. The highest BCUT2D eigenvalue weighted by atomic mass is 16.6. The fourth-order valence-corrected chi connectivity index (χ4v) is 2.10. The van der Waals surface area contributed by atoms with Gasteiger partial charge in [0.15, 0.2) is 11.5 Å². The molecule has 1 unspecified atom stereocenters. The summed E-state index contributed by atoms with van der Waals surface area (Å²) in [6.45, 7) is 0. The van der Waals surface area contributed by atoms with E-state index in [9.17, 15) is 25.2 Å². The van der Waals surface area contributed by atoms with Crippen LogP contribution in [-0.4, -0.2) is 26.2 Å². The Balaban J connectivity index is 2.11. The van der Waals surface area contributed by atoms with Crippen LogP contribution in [0.3, 0.4) is 0 Å². The van der Waals surface area contributed by atoms with Crippen LogP contribution in [0, 0.1) is 0 Å². The van der Waals surface area contributed by atoms with Crippen LogP contribution in [0.5, 0.6) is 23.0 Å². The van der Waals surface area contributed by atoms with Gasteiger partial charge in [0.25, 0.3) is 5.79 Å². The predicted molar refractivity (Wildman–Crippen MR) is 66.7 cm³/mol. The summed E-state index contributed by atoms with van der Waals surface area (Å²) in [5, 5.41) is 38.5. The number of hydrogen-bond acceptors (Lipinski definition) is 6. The standard InChI is InChI=1S/C14H10O6/c15-8-2-3-9-12(6-8)20-14(19,13(9)18)7-1-4-10(16)11(17)5-7/h1-6,15-17,19H. The number of rotatable bonds is 1. The molecule has 2 aromatic carbocycles. The third kappa shape index (κ3) is 1.59. The van der Waals surface area contributed by atoms with Crippen molar-refractivity contribution in [2.45, 2.75) is 5.79 Å². The maximum absolute atomic E-state index is 12.2. The van der Waals surface area contributed by atoms with Gasteiger partial charge in [-0.1, -0.05) is 0 Å². The van der Waals surface area contributed by atoms with E-state index in [2.05, 4.69) is 0 Å². The van der Waals surface area contributed by atoms with Gasteiger partial charge in [0.2, 0.25) is 5.78 Å². The number of phenolic OH excluding ortho intramolecular Hbond substituents is 3. The Morgan fingerprint density at radius 1 is 0.950 bits per heavy atom. The second kappa shape index (κ2) is 3.88. The summed E-state index contributed by atoms with van der Waals surface area (Å²) in [6.07, 6.45) is 0. The zero-order chi connectivity index (χ0) is 14.5. The van der Waals surface area contributed by atoms with Crippen LogP contribution in [0.25, 0.3) is 0 Å². The smallest absolute Gasteiger partial charge is 0.300 e. The summed E-state index contributed by atoms with van der Waals surface area (Å²) in [5.41, 5.74) is 0.103. The number of aliphatic hydroxyl groups is 1. The average Bonchev–Trinajstić information content (AvgIpc) is 2.65. The van der Waals surface area contributed by atoms with Gasteiger partial charge in [0, 0.05) is 11.6 Å². The number of ketones is 1. The van der Waals surface area contributed by atoms with Crippen LogP contribution in [0.15, 0.2) is 36.4 Å². The highest BCUT2D eigenvalue weighted by Gasteiger charge is 2.48. The minimum Gasteiger partial charge on any atom is -0.508 e. The molecule has 0 saturated heterocycles. The van der Waals surface area contributed by atoms with E-state index in [4.69, 9.17) is 4.74 Å². The molecule has 0 saturated carbocycles. The van der Waals surface area contributed by atoms with E-state index in [-0.39, 0.29) is 28.4 Å². The van der Waals surface area contributed by atoms with Gasteiger partial charge in [-0.05, 0) is 30.3 Å². The van der Waals surface area contributed by atoms with Crippen molar-refractivity contribution in [1.82, 2.24) is 0 Å². The Morgan fingerprint density at radius 2 is 1.70 bits per heavy atom. The number of fused-ring (bicyclic) bond motifs is 1. The largest absolute Gasteiger partial charge is 0.508 e.